The maximum absolute atomic E-state index is 11.9. The lowest BCUT2D eigenvalue weighted by molar-refractivity contribution is -0.862. The first kappa shape index (κ1) is 16.4. The summed E-state index contributed by atoms with van der Waals surface area (Å²) in [7, 11) is 1.79. The zero-order chi connectivity index (χ0) is 15.3. The molecule has 1 unspecified atom stereocenters. The van der Waals surface area contributed by atoms with E-state index in [0.29, 0.717) is 0 Å². The number of hydrogen-bond acceptors (Lipinski definition) is 3. The van der Waals surface area contributed by atoms with Crippen LogP contribution >= 0.6 is 0 Å². The van der Waals surface area contributed by atoms with Gasteiger partial charge in [-0.3, -0.25) is 9.59 Å². The van der Waals surface area contributed by atoms with Gasteiger partial charge in [0, 0.05) is 6.04 Å². The highest BCUT2D eigenvalue weighted by atomic mass is 16.2. The zero-order valence-electron chi connectivity index (χ0n) is 12.7. The van der Waals surface area contributed by atoms with Crippen molar-refractivity contribution in [2.75, 3.05) is 20.1 Å². The predicted molar refractivity (Wildman–Crippen MR) is 74.8 cm³/mol. The van der Waals surface area contributed by atoms with Gasteiger partial charge in [-0.05, 0) is 39.5 Å². The number of carbonyl (C=O) groups excluding carboxylic acids is 2. The molecule has 6 heteroatoms. The van der Waals surface area contributed by atoms with Gasteiger partial charge >= 0.3 is 0 Å². The fourth-order valence-electron chi connectivity index (χ4n) is 2.20. The Kier molecular flexibility index (Phi) is 5.52. The number of nitrogens with one attached hydrogen (secondary N) is 3. The second kappa shape index (κ2) is 6.71. The molecule has 0 saturated heterocycles. The Hall–Kier alpha value is -1.61. The van der Waals surface area contributed by atoms with E-state index < -0.39 is 5.54 Å². The van der Waals surface area contributed by atoms with E-state index in [1.54, 1.807) is 14.0 Å². The van der Waals surface area contributed by atoms with Crippen LogP contribution in [0, 0.1) is 17.2 Å². The fourth-order valence-corrected chi connectivity index (χ4v) is 2.20. The molecule has 0 spiro atoms. The van der Waals surface area contributed by atoms with Crippen molar-refractivity contribution in [1.29, 1.82) is 5.26 Å². The molecule has 0 aromatic rings. The number of nitrogens with zero attached hydrogens (tertiary/aromatic N) is 1. The Labute approximate surface area is 120 Å². The number of rotatable bonds is 7. The first-order chi connectivity index (χ1) is 9.26. The van der Waals surface area contributed by atoms with E-state index in [1.807, 2.05) is 13.8 Å². The van der Waals surface area contributed by atoms with Crippen LogP contribution in [0.1, 0.15) is 33.6 Å². The quantitative estimate of drug-likeness (QED) is 0.550. The van der Waals surface area contributed by atoms with Crippen molar-refractivity contribution < 1.29 is 14.5 Å². The largest absolute Gasteiger partial charge is 0.349 e. The Balaban J connectivity index is 2.38. The monoisotopic (exact) mass is 281 g/mol. The second-order valence-electron chi connectivity index (χ2n) is 6.17. The SMILES string of the molecule is CC(C)NC(=O)C[NH+](C)CC(=O)N[C@](C)(C#N)C1CC1. The molecule has 0 aromatic heterocycles. The van der Waals surface area contributed by atoms with E-state index >= 15 is 0 Å². The summed E-state index contributed by atoms with van der Waals surface area (Å²) in [6, 6.07) is 2.29. The number of quaternary nitrogens is 1. The van der Waals surface area contributed by atoms with Crippen molar-refractivity contribution in [3.63, 3.8) is 0 Å². The third kappa shape index (κ3) is 5.17. The molecule has 1 rings (SSSR count). The van der Waals surface area contributed by atoms with Crippen LogP contribution in [-0.4, -0.2) is 43.5 Å². The van der Waals surface area contributed by atoms with Crippen LogP contribution in [0.15, 0.2) is 0 Å². The highest BCUT2D eigenvalue weighted by molar-refractivity contribution is 5.79. The van der Waals surface area contributed by atoms with Gasteiger partial charge < -0.3 is 15.5 Å². The van der Waals surface area contributed by atoms with Crippen molar-refractivity contribution in [3.8, 4) is 6.07 Å². The van der Waals surface area contributed by atoms with Crippen LogP contribution in [0.25, 0.3) is 0 Å². The van der Waals surface area contributed by atoms with Crippen molar-refractivity contribution in [1.82, 2.24) is 10.6 Å². The van der Waals surface area contributed by atoms with Crippen LogP contribution in [-0.2, 0) is 9.59 Å². The van der Waals surface area contributed by atoms with Gasteiger partial charge in [-0.1, -0.05) is 0 Å². The van der Waals surface area contributed by atoms with Gasteiger partial charge in [-0.15, -0.1) is 0 Å². The molecule has 1 aliphatic carbocycles. The average Bonchev–Trinajstić information content (AvgIpc) is 3.10. The summed E-state index contributed by atoms with van der Waals surface area (Å²) in [4.78, 5) is 24.3. The van der Waals surface area contributed by atoms with Crippen molar-refractivity contribution in [3.05, 3.63) is 0 Å². The van der Waals surface area contributed by atoms with Crippen molar-refractivity contribution in [2.45, 2.75) is 45.2 Å². The molecule has 0 heterocycles. The van der Waals surface area contributed by atoms with Crippen LogP contribution in [0.5, 0.6) is 0 Å². The molecule has 112 valence electrons. The molecular formula is C14H25N4O2+. The van der Waals surface area contributed by atoms with Gasteiger partial charge in [0.05, 0.1) is 13.1 Å². The van der Waals surface area contributed by atoms with Gasteiger partial charge in [0.1, 0.15) is 5.54 Å². The van der Waals surface area contributed by atoms with Gasteiger partial charge in [0.15, 0.2) is 13.1 Å². The lowest BCUT2D eigenvalue weighted by atomic mass is 9.98. The maximum Gasteiger partial charge on any atom is 0.276 e. The minimum absolute atomic E-state index is 0.0736. The molecule has 1 fully saturated rings. The smallest absolute Gasteiger partial charge is 0.276 e. The molecule has 0 aliphatic heterocycles. The molecule has 1 aliphatic rings. The highest BCUT2D eigenvalue weighted by Gasteiger charge is 2.43. The van der Waals surface area contributed by atoms with E-state index in [9.17, 15) is 14.9 Å². The maximum atomic E-state index is 11.9. The Bertz CT molecular complexity index is 412. The predicted octanol–water partition coefficient (Wildman–Crippen LogP) is -1.17. The van der Waals surface area contributed by atoms with Gasteiger partial charge in [-0.25, -0.2) is 0 Å². The van der Waals surface area contributed by atoms with Crippen LogP contribution < -0.4 is 15.5 Å². The first-order valence-corrected chi connectivity index (χ1v) is 7.09. The first-order valence-electron chi connectivity index (χ1n) is 7.09. The standard InChI is InChI=1S/C14H24N4O2/c1-10(2)16-12(19)7-18(4)8-13(20)17-14(3,9-15)11-5-6-11/h10-11H,5-8H2,1-4H3,(H,16,19)(H,17,20)/p+1/t14-/m1/s1. The molecule has 20 heavy (non-hydrogen) atoms. The van der Waals surface area contributed by atoms with E-state index in [2.05, 4.69) is 16.7 Å². The number of nitriles is 1. The summed E-state index contributed by atoms with van der Waals surface area (Å²) in [6.45, 7) is 6.00. The second-order valence-corrected chi connectivity index (χ2v) is 6.17. The minimum Gasteiger partial charge on any atom is -0.349 e. The lowest BCUT2D eigenvalue weighted by Gasteiger charge is -2.23. The molecular weight excluding hydrogens is 256 g/mol. The minimum atomic E-state index is -0.766. The Morgan fingerprint density at radius 2 is 1.90 bits per heavy atom. The Morgan fingerprint density at radius 3 is 2.35 bits per heavy atom. The van der Waals surface area contributed by atoms with Crippen LogP contribution in [0.4, 0.5) is 0 Å². The van der Waals surface area contributed by atoms with Crippen molar-refractivity contribution >= 4 is 11.8 Å². The number of hydrogen-bond donors (Lipinski definition) is 3. The summed E-state index contributed by atoms with van der Waals surface area (Å²) in [5.74, 6) is 0.00679. The third-order valence-corrected chi connectivity index (χ3v) is 3.40. The van der Waals surface area contributed by atoms with E-state index in [1.165, 1.54) is 0 Å². The number of likely N-dealkylation sites (N-methyl/N-ethyl adjacent to an activating group) is 1. The van der Waals surface area contributed by atoms with Gasteiger partial charge in [-0.2, -0.15) is 5.26 Å². The van der Waals surface area contributed by atoms with E-state index in [4.69, 9.17) is 0 Å². The Morgan fingerprint density at radius 1 is 1.35 bits per heavy atom. The molecule has 0 bridgehead atoms. The molecule has 2 amide bonds. The fraction of sp³-hybridized carbons (Fsp3) is 0.786. The summed E-state index contributed by atoms with van der Waals surface area (Å²) < 4.78 is 0. The molecule has 2 atom stereocenters. The molecule has 6 nitrogen and oxygen atoms in total. The molecule has 3 N–H and O–H groups in total. The highest BCUT2D eigenvalue weighted by Crippen LogP contribution is 2.38. The van der Waals surface area contributed by atoms with Gasteiger partial charge in [0.25, 0.3) is 11.8 Å². The van der Waals surface area contributed by atoms with E-state index in [0.717, 1.165) is 17.7 Å². The summed E-state index contributed by atoms with van der Waals surface area (Å²) in [5.41, 5.74) is -0.766. The van der Waals surface area contributed by atoms with Crippen molar-refractivity contribution in [2.24, 2.45) is 5.92 Å². The number of carbonyl (C=O) groups is 2. The van der Waals surface area contributed by atoms with Crippen LogP contribution in [0.3, 0.4) is 0 Å². The lowest BCUT2D eigenvalue weighted by Crippen LogP contribution is -3.11. The third-order valence-electron chi connectivity index (χ3n) is 3.40. The average molecular weight is 281 g/mol. The summed E-state index contributed by atoms with van der Waals surface area (Å²) in [5, 5.41) is 14.8. The number of amides is 2. The molecule has 0 aromatic carbocycles. The zero-order valence-corrected chi connectivity index (χ0v) is 12.7. The molecule has 1 saturated carbocycles. The summed E-state index contributed by atoms with van der Waals surface area (Å²) >= 11 is 0. The van der Waals surface area contributed by atoms with Crippen LogP contribution in [0.2, 0.25) is 0 Å². The normalized spacial score (nSPS) is 18.8. The van der Waals surface area contributed by atoms with Gasteiger partial charge in [0.2, 0.25) is 0 Å². The topological polar surface area (TPSA) is 86.4 Å². The summed E-state index contributed by atoms with van der Waals surface area (Å²) in [6.07, 6.45) is 1.98. The molecule has 0 radical (unpaired) electrons. The van der Waals surface area contributed by atoms with E-state index in [-0.39, 0.29) is 36.9 Å².